The standard InChI is InChI=1S/C26H32N2O5/c1-4-32-20-14-12-19(13-15-20)25(30)28-24(17(2)3)26(31)33-16-23(29)27-22-11-7-9-18-8-5-6-10-21(18)22/h5-6,8,10,12-15,17,22,24H,4,7,9,11,16H2,1-3H3,(H,27,29)(H,28,30). The van der Waals surface area contributed by atoms with Crippen molar-refractivity contribution in [1.29, 1.82) is 0 Å². The van der Waals surface area contributed by atoms with Gasteiger partial charge in [-0.3, -0.25) is 9.59 Å². The SMILES string of the molecule is CCOc1ccc(C(=O)NC(C(=O)OCC(=O)NC2CCCc3ccccc32)C(C)C)cc1. The smallest absolute Gasteiger partial charge is 0.329 e. The van der Waals surface area contributed by atoms with Crippen LogP contribution < -0.4 is 15.4 Å². The van der Waals surface area contributed by atoms with Crippen molar-refractivity contribution in [3.63, 3.8) is 0 Å². The van der Waals surface area contributed by atoms with Gasteiger partial charge in [-0.2, -0.15) is 0 Å². The molecule has 0 spiro atoms. The van der Waals surface area contributed by atoms with Crippen LogP contribution in [0.25, 0.3) is 0 Å². The van der Waals surface area contributed by atoms with E-state index >= 15 is 0 Å². The minimum absolute atomic E-state index is 0.0820. The minimum atomic E-state index is -0.868. The van der Waals surface area contributed by atoms with E-state index in [0.29, 0.717) is 17.9 Å². The Morgan fingerprint density at radius 3 is 2.48 bits per heavy atom. The fraction of sp³-hybridized carbons (Fsp3) is 0.423. The summed E-state index contributed by atoms with van der Waals surface area (Å²) in [6.07, 6.45) is 2.85. The predicted octanol–water partition coefficient (Wildman–Crippen LogP) is 3.58. The Balaban J connectivity index is 1.54. The molecule has 0 aliphatic heterocycles. The van der Waals surface area contributed by atoms with Crippen molar-refractivity contribution in [3.8, 4) is 5.75 Å². The van der Waals surface area contributed by atoms with Crippen molar-refractivity contribution < 1.29 is 23.9 Å². The minimum Gasteiger partial charge on any atom is -0.494 e. The first-order chi connectivity index (χ1) is 15.9. The van der Waals surface area contributed by atoms with Gasteiger partial charge >= 0.3 is 5.97 Å². The zero-order valence-electron chi connectivity index (χ0n) is 19.4. The third kappa shape index (κ3) is 6.57. The van der Waals surface area contributed by atoms with E-state index < -0.39 is 17.9 Å². The molecule has 2 atom stereocenters. The highest BCUT2D eigenvalue weighted by Gasteiger charge is 2.27. The third-order valence-corrected chi connectivity index (χ3v) is 5.68. The van der Waals surface area contributed by atoms with E-state index in [1.807, 2.05) is 39.0 Å². The zero-order valence-corrected chi connectivity index (χ0v) is 19.4. The normalized spacial score (nSPS) is 15.8. The topological polar surface area (TPSA) is 93.7 Å². The lowest BCUT2D eigenvalue weighted by Gasteiger charge is -2.26. The maximum absolute atomic E-state index is 12.6. The van der Waals surface area contributed by atoms with Gasteiger partial charge in [0.15, 0.2) is 6.61 Å². The van der Waals surface area contributed by atoms with Crippen LogP contribution in [0.3, 0.4) is 0 Å². The number of fused-ring (bicyclic) bond motifs is 1. The number of esters is 1. The first-order valence-corrected chi connectivity index (χ1v) is 11.5. The molecule has 7 heteroatoms. The van der Waals surface area contributed by atoms with Gasteiger partial charge in [0, 0.05) is 5.56 Å². The second-order valence-corrected chi connectivity index (χ2v) is 8.47. The number of rotatable bonds is 9. The van der Waals surface area contributed by atoms with E-state index in [1.54, 1.807) is 24.3 Å². The number of amides is 2. The largest absolute Gasteiger partial charge is 0.494 e. The van der Waals surface area contributed by atoms with Crippen LogP contribution in [0, 0.1) is 5.92 Å². The molecule has 2 unspecified atom stereocenters. The van der Waals surface area contributed by atoms with Crippen LogP contribution in [0.4, 0.5) is 0 Å². The summed E-state index contributed by atoms with van der Waals surface area (Å²) in [5.41, 5.74) is 2.76. The Labute approximate surface area is 194 Å². The zero-order chi connectivity index (χ0) is 23.8. The Morgan fingerprint density at radius 1 is 1.06 bits per heavy atom. The van der Waals surface area contributed by atoms with Crippen LogP contribution in [0.1, 0.15) is 61.1 Å². The quantitative estimate of drug-likeness (QED) is 0.567. The summed E-state index contributed by atoms with van der Waals surface area (Å²) in [5, 5.41) is 5.68. The molecule has 176 valence electrons. The van der Waals surface area contributed by atoms with Crippen molar-refractivity contribution in [2.24, 2.45) is 5.92 Å². The van der Waals surface area contributed by atoms with E-state index in [1.165, 1.54) is 5.56 Å². The Bertz CT molecular complexity index is 971. The van der Waals surface area contributed by atoms with Gasteiger partial charge in [-0.05, 0) is 67.5 Å². The van der Waals surface area contributed by atoms with Gasteiger partial charge < -0.3 is 20.1 Å². The van der Waals surface area contributed by atoms with Crippen molar-refractivity contribution in [1.82, 2.24) is 10.6 Å². The van der Waals surface area contributed by atoms with Gasteiger partial charge in [-0.25, -0.2) is 4.79 Å². The number of hydrogen-bond acceptors (Lipinski definition) is 5. The summed E-state index contributed by atoms with van der Waals surface area (Å²) in [6.45, 7) is 5.65. The van der Waals surface area contributed by atoms with Crippen molar-refractivity contribution in [3.05, 3.63) is 65.2 Å². The number of ether oxygens (including phenoxy) is 2. The van der Waals surface area contributed by atoms with Gasteiger partial charge in [0.1, 0.15) is 11.8 Å². The molecule has 0 heterocycles. The first kappa shape index (κ1) is 24.3. The molecule has 2 amide bonds. The molecule has 0 saturated carbocycles. The molecule has 1 aliphatic rings. The fourth-order valence-electron chi connectivity index (χ4n) is 3.96. The van der Waals surface area contributed by atoms with Gasteiger partial charge in [-0.1, -0.05) is 38.1 Å². The highest BCUT2D eigenvalue weighted by Crippen LogP contribution is 2.29. The second-order valence-electron chi connectivity index (χ2n) is 8.47. The highest BCUT2D eigenvalue weighted by molar-refractivity contribution is 5.97. The number of benzene rings is 2. The lowest BCUT2D eigenvalue weighted by atomic mass is 9.88. The number of hydrogen-bond donors (Lipinski definition) is 2. The number of carbonyl (C=O) groups is 3. The lowest BCUT2D eigenvalue weighted by molar-refractivity contribution is -0.151. The summed E-state index contributed by atoms with van der Waals surface area (Å²) >= 11 is 0. The predicted molar refractivity (Wildman–Crippen MR) is 125 cm³/mol. The van der Waals surface area contributed by atoms with E-state index in [4.69, 9.17) is 9.47 Å². The van der Waals surface area contributed by atoms with E-state index in [-0.39, 0.29) is 24.5 Å². The molecule has 3 rings (SSSR count). The summed E-state index contributed by atoms with van der Waals surface area (Å²) in [7, 11) is 0. The van der Waals surface area contributed by atoms with Crippen LogP contribution in [-0.2, 0) is 20.7 Å². The Morgan fingerprint density at radius 2 is 1.79 bits per heavy atom. The molecule has 0 bridgehead atoms. The van der Waals surface area contributed by atoms with Gasteiger partial charge in [-0.15, -0.1) is 0 Å². The molecule has 33 heavy (non-hydrogen) atoms. The molecule has 1 aliphatic carbocycles. The first-order valence-electron chi connectivity index (χ1n) is 11.5. The lowest BCUT2D eigenvalue weighted by Crippen LogP contribution is -2.46. The number of carbonyl (C=O) groups excluding carboxylic acids is 3. The summed E-state index contributed by atoms with van der Waals surface area (Å²) in [4.78, 5) is 37.7. The fourth-order valence-corrected chi connectivity index (χ4v) is 3.96. The molecular weight excluding hydrogens is 420 g/mol. The molecule has 2 aromatic rings. The molecule has 2 N–H and O–H groups in total. The molecular formula is C26H32N2O5. The van der Waals surface area contributed by atoms with Crippen molar-refractivity contribution >= 4 is 17.8 Å². The Hall–Kier alpha value is -3.35. The average molecular weight is 453 g/mol. The second kappa shape index (κ2) is 11.5. The van der Waals surface area contributed by atoms with Crippen LogP contribution in [0.15, 0.2) is 48.5 Å². The van der Waals surface area contributed by atoms with Gasteiger partial charge in [0.25, 0.3) is 11.8 Å². The van der Waals surface area contributed by atoms with E-state index in [0.717, 1.165) is 24.8 Å². The van der Waals surface area contributed by atoms with Crippen LogP contribution in [-0.4, -0.2) is 37.0 Å². The molecule has 0 radical (unpaired) electrons. The molecule has 0 saturated heterocycles. The van der Waals surface area contributed by atoms with Crippen molar-refractivity contribution in [2.75, 3.05) is 13.2 Å². The van der Waals surface area contributed by atoms with Gasteiger partial charge in [0.05, 0.1) is 12.6 Å². The Kier molecular flexibility index (Phi) is 8.46. The molecule has 7 nitrogen and oxygen atoms in total. The number of aryl methyl sites for hydroxylation is 1. The highest BCUT2D eigenvalue weighted by atomic mass is 16.5. The average Bonchev–Trinajstić information content (AvgIpc) is 2.81. The van der Waals surface area contributed by atoms with Gasteiger partial charge in [0.2, 0.25) is 0 Å². The maximum Gasteiger partial charge on any atom is 0.329 e. The van der Waals surface area contributed by atoms with E-state index in [9.17, 15) is 14.4 Å². The monoisotopic (exact) mass is 452 g/mol. The summed E-state index contributed by atoms with van der Waals surface area (Å²) in [5.74, 6) is -0.927. The molecule has 2 aromatic carbocycles. The maximum atomic E-state index is 12.6. The van der Waals surface area contributed by atoms with Crippen LogP contribution in [0.5, 0.6) is 5.75 Å². The van der Waals surface area contributed by atoms with Crippen LogP contribution >= 0.6 is 0 Å². The van der Waals surface area contributed by atoms with E-state index in [2.05, 4.69) is 16.7 Å². The molecule has 0 fully saturated rings. The molecule has 0 aromatic heterocycles. The number of nitrogens with one attached hydrogen (secondary N) is 2. The summed E-state index contributed by atoms with van der Waals surface area (Å²) < 4.78 is 10.6. The third-order valence-electron chi connectivity index (χ3n) is 5.68. The summed E-state index contributed by atoms with van der Waals surface area (Å²) in [6, 6.07) is 13.8. The van der Waals surface area contributed by atoms with Crippen molar-refractivity contribution in [2.45, 2.75) is 52.1 Å². The van der Waals surface area contributed by atoms with Crippen LogP contribution in [0.2, 0.25) is 0 Å².